The average molecular weight is 253 g/mol. The highest BCUT2D eigenvalue weighted by atomic mass is 16.4. The number of carbonyl (C=O) groups excluding carboxylic acids is 1. The monoisotopic (exact) mass is 253 g/mol. The van der Waals surface area contributed by atoms with Crippen molar-refractivity contribution in [2.45, 2.75) is 26.2 Å². The summed E-state index contributed by atoms with van der Waals surface area (Å²) in [5.41, 5.74) is 1.37. The van der Waals surface area contributed by atoms with Crippen LogP contribution in [0.2, 0.25) is 0 Å². The molecule has 0 aliphatic heterocycles. The van der Waals surface area contributed by atoms with Crippen molar-refractivity contribution in [3.05, 3.63) is 17.5 Å². The Morgan fingerprint density at radius 3 is 2.72 bits per heavy atom. The first-order chi connectivity index (χ1) is 8.45. The minimum Gasteiger partial charge on any atom is -0.481 e. The highest BCUT2D eigenvalue weighted by molar-refractivity contribution is 5.95. The average Bonchev–Trinajstić information content (AvgIpc) is 2.68. The van der Waals surface area contributed by atoms with Crippen LogP contribution in [0, 0.1) is 0 Å². The molecule has 1 N–H and O–H groups in total. The molecule has 0 unspecified atom stereocenters. The van der Waals surface area contributed by atoms with E-state index < -0.39 is 5.97 Å². The van der Waals surface area contributed by atoms with Crippen LogP contribution < -0.4 is 0 Å². The molecule has 0 aliphatic rings. The first kappa shape index (κ1) is 14.2. The van der Waals surface area contributed by atoms with Gasteiger partial charge in [0, 0.05) is 33.3 Å². The Labute approximate surface area is 106 Å². The van der Waals surface area contributed by atoms with Crippen LogP contribution in [0.25, 0.3) is 0 Å². The van der Waals surface area contributed by atoms with Gasteiger partial charge in [-0.05, 0) is 12.8 Å². The van der Waals surface area contributed by atoms with Crippen molar-refractivity contribution in [3.8, 4) is 0 Å². The van der Waals surface area contributed by atoms with Crippen molar-refractivity contribution in [2.75, 3.05) is 13.6 Å². The molecule has 0 radical (unpaired) electrons. The first-order valence-corrected chi connectivity index (χ1v) is 5.95. The zero-order chi connectivity index (χ0) is 13.7. The topological polar surface area (TPSA) is 75.4 Å². The van der Waals surface area contributed by atoms with E-state index in [1.807, 2.05) is 6.92 Å². The smallest absolute Gasteiger partial charge is 0.303 e. The Bertz CT molecular complexity index is 440. The maximum Gasteiger partial charge on any atom is 0.303 e. The zero-order valence-corrected chi connectivity index (χ0v) is 11.0. The summed E-state index contributed by atoms with van der Waals surface area (Å²) in [6, 6.07) is 0. The van der Waals surface area contributed by atoms with E-state index in [0.29, 0.717) is 24.9 Å². The predicted octanol–water partition coefficient (Wildman–Crippen LogP) is 0.919. The van der Waals surface area contributed by atoms with Gasteiger partial charge in [0.25, 0.3) is 5.91 Å². The first-order valence-electron chi connectivity index (χ1n) is 5.95. The van der Waals surface area contributed by atoms with Gasteiger partial charge in [-0.1, -0.05) is 6.92 Å². The largest absolute Gasteiger partial charge is 0.481 e. The van der Waals surface area contributed by atoms with Gasteiger partial charge < -0.3 is 10.0 Å². The number of amides is 1. The number of hydrogen-bond acceptors (Lipinski definition) is 3. The van der Waals surface area contributed by atoms with E-state index in [1.54, 1.807) is 29.9 Å². The maximum absolute atomic E-state index is 12.1. The van der Waals surface area contributed by atoms with Gasteiger partial charge in [-0.3, -0.25) is 14.3 Å². The number of carboxylic acid groups (broad SMARTS) is 1. The summed E-state index contributed by atoms with van der Waals surface area (Å²) >= 11 is 0. The van der Waals surface area contributed by atoms with Crippen molar-refractivity contribution in [1.29, 1.82) is 0 Å². The molecular formula is C12H19N3O3. The van der Waals surface area contributed by atoms with Gasteiger partial charge in [-0.15, -0.1) is 0 Å². The quantitative estimate of drug-likeness (QED) is 0.818. The lowest BCUT2D eigenvalue weighted by atomic mass is 10.2. The second kappa shape index (κ2) is 6.18. The summed E-state index contributed by atoms with van der Waals surface area (Å²) in [5.74, 6) is -0.947. The van der Waals surface area contributed by atoms with Crippen molar-refractivity contribution in [3.63, 3.8) is 0 Å². The summed E-state index contributed by atoms with van der Waals surface area (Å²) in [6.07, 6.45) is 2.93. The number of aryl methyl sites for hydroxylation is 2. The molecule has 0 bridgehead atoms. The summed E-state index contributed by atoms with van der Waals surface area (Å²) < 4.78 is 1.62. The fourth-order valence-electron chi connectivity index (χ4n) is 1.75. The number of hydrogen-bond donors (Lipinski definition) is 1. The molecule has 0 fully saturated rings. The SMILES string of the molecule is CCc1nn(C)cc1C(=O)N(C)CCCC(=O)O. The second-order valence-electron chi connectivity index (χ2n) is 4.24. The van der Waals surface area contributed by atoms with Gasteiger partial charge in [-0.25, -0.2) is 0 Å². The summed E-state index contributed by atoms with van der Waals surface area (Å²) in [4.78, 5) is 24.1. The molecule has 1 rings (SSSR count). The van der Waals surface area contributed by atoms with Gasteiger partial charge in [0.1, 0.15) is 0 Å². The van der Waals surface area contributed by atoms with Gasteiger partial charge >= 0.3 is 5.97 Å². The van der Waals surface area contributed by atoms with Crippen molar-refractivity contribution >= 4 is 11.9 Å². The molecule has 100 valence electrons. The van der Waals surface area contributed by atoms with Gasteiger partial charge in [0.2, 0.25) is 0 Å². The number of carbonyl (C=O) groups is 2. The lowest BCUT2D eigenvalue weighted by molar-refractivity contribution is -0.137. The predicted molar refractivity (Wildman–Crippen MR) is 66.4 cm³/mol. The normalized spacial score (nSPS) is 10.4. The van der Waals surface area contributed by atoms with E-state index in [-0.39, 0.29) is 12.3 Å². The van der Waals surface area contributed by atoms with Crippen molar-refractivity contribution < 1.29 is 14.7 Å². The van der Waals surface area contributed by atoms with Gasteiger partial charge in [0.05, 0.1) is 11.3 Å². The number of carboxylic acids is 1. The molecule has 1 heterocycles. The van der Waals surface area contributed by atoms with Crippen molar-refractivity contribution in [1.82, 2.24) is 14.7 Å². The molecule has 1 aromatic heterocycles. The minimum atomic E-state index is -0.841. The third kappa shape index (κ3) is 3.58. The maximum atomic E-state index is 12.1. The molecule has 0 saturated carbocycles. The Morgan fingerprint density at radius 2 is 2.17 bits per heavy atom. The van der Waals surface area contributed by atoms with Gasteiger partial charge in [0.15, 0.2) is 0 Å². The summed E-state index contributed by atoms with van der Waals surface area (Å²) in [7, 11) is 3.46. The Morgan fingerprint density at radius 1 is 1.50 bits per heavy atom. The lowest BCUT2D eigenvalue weighted by Gasteiger charge is -2.16. The summed E-state index contributed by atoms with van der Waals surface area (Å²) in [5, 5.41) is 12.8. The molecule has 6 heteroatoms. The van der Waals surface area contributed by atoms with Crippen LogP contribution in [0.1, 0.15) is 35.8 Å². The van der Waals surface area contributed by atoms with E-state index in [1.165, 1.54) is 0 Å². The standard InChI is InChI=1S/C12H19N3O3/c1-4-10-9(8-15(3)13-10)12(18)14(2)7-5-6-11(16)17/h8H,4-7H2,1-3H3,(H,16,17). The van der Waals surface area contributed by atoms with Crippen LogP contribution >= 0.6 is 0 Å². The van der Waals surface area contributed by atoms with Crippen LogP contribution in [0.15, 0.2) is 6.20 Å². The zero-order valence-electron chi connectivity index (χ0n) is 11.0. The number of rotatable bonds is 6. The molecule has 0 spiro atoms. The highest BCUT2D eigenvalue weighted by Crippen LogP contribution is 2.10. The molecule has 18 heavy (non-hydrogen) atoms. The Balaban J connectivity index is 2.65. The van der Waals surface area contributed by atoms with E-state index in [2.05, 4.69) is 5.10 Å². The van der Waals surface area contributed by atoms with Crippen LogP contribution in [0.3, 0.4) is 0 Å². The molecule has 0 atom stereocenters. The fourth-order valence-corrected chi connectivity index (χ4v) is 1.75. The highest BCUT2D eigenvalue weighted by Gasteiger charge is 2.18. The molecular weight excluding hydrogens is 234 g/mol. The molecule has 1 amide bonds. The Hall–Kier alpha value is -1.85. The van der Waals surface area contributed by atoms with E-state index in [0.717, 1.165) is 5.69 Å². The molecule has 0 aromatic carbocycles. The van der Waals surface area contributed by atoms with Crippen LogP contribution in [0.5, 0.6) is 0 Å². The van der Waals surface area contributed by atoms with Crippen LogP contribution in [-0.4, -0.2) is 45.3 Å². The molecule has 6 nitrogen and oxygen atoms in total. The van der Waals surface area contributed by atoms with Gasteiger partial charge in [-0.2, -0.15) is 5.10 Å². The third-order valence-electron chi connectivity index (χ3n) is 2.70. The van der Waals surface area contributed by atoms with E-state index >= 15 is 0 Å². The Kier molecular flexibility index (Phi) is 4.88. The van der Waals surface area contributed by atoms with Crippen LogP contribution in [-0.2, 0) is 18.3 Å². The minimum absolute atomic E-state index is 0.0747. The summed E-state index contributed by atoms with van der Waals surface area (Å²) in [6.45, 7) is 2.38. The number of aromatic nitrogens is 2. The second-order valence-corrected chi connectivity index (χ2v) is 4.24. The fraction of sp³-hybridized carbons (Fsp3) is 0.583. The van der Waals surface area contributed by atoms with E-state index in [4.69, 9.17) is 5.11 Å². The van der Waals surface area contributed by atoms with Crippen molar-refractivity contribution in [2.24, 2.45) is 7.05 Å². The molecule has 0 saturated heterocycles. The number of aliphatic carboxylic acids is 1. The van der Waals surface area contributed by atoms with E-state index in [9.17, 15) is 9.59 Å². The number of nitrogens with zero attached hydrogens (tertiary/aromatic N) is 3. The lowest BCUT2D eigenvalue weighted by Crippen LogP contribution is -2.28. The third-order valence-corrected chi connectivity index (χ3v) is 2.70. The molecule has 0 aliphatic carbocycles. The van der Waals surface area contributed by atoms with Crippen LogP contribution in [0.4, 0.5) is 0 Å². The molecule has 1 aromatic rings.